The van der Waals surface area contributed by atoms with Crippen LogP contribution in [0.3, 0.4) is 0 Å². The molecule has 1 aromatic heterocycles. The normalized spacial score (nSPS) is 12.5. The molecule has 1 amide bonds. The van der Waals surface area contributed by atoms with Gasteiger partial charge in [-0.2, -0.15) is 0 Å². The summed E-state index contributed by atoms with van der Waals surface area (Å²) in [6.45, 7) is 7.60. The Labute approximate surface area is 157 Å². The van der Waals surface area contributed by atoms with Gasteiger partial charge in [0, 0.05) is 11.6 Å². The van der Waals surface area contributed by atoms with E-state index in [0.717, 1.165) is 0 Å². The topological polar surface area (TPSA) is 104 Å². The first-order valence-electron chi connectivity index (χ1n) is 8.08. The predicted molar refractivity (Wildman–Crippen MR) is 102 cm³/mol. The fraction of sp³-hybridized carbons (Fsp3) is 0.471. The van der Waals surface area contributed by atoms with Crippen LogP contribution in [0.1, 0.15) is 27.7 Å². The Bertz CT molecular complexity index is 785. The molecule has 2 rings (SSSR count). The number of hydrogen-bond donors (Lipinski definition) is 2. The number of nitrogens with one attached hydrogen (secondary N) is 1. The molecule has 0 bridgehead atoms. The number of benzene rings is 1. The van der Waals surface area contributed by atoms with Crippen molar-refractivity contribution in [1.29, 1.82) is 0 Å². The summed E-state index contributed by atoms with van der Waals surface area (Å²) in [6, 6.07) is 5.34. The molecule has 1 atom stereocenters. The number of hydrogen-bond acceptors (Lipinski definition) is 7. The molecular formula is C17H25N5O3S. The minimum atomic E-state index is -0.369. The number of nitrogen functional groups attached to an aromatic ring is 1. The van der Waals surface area contributed by atoms with Crippen molar-refractivity contribution in [3.8, 4) is 22.9 Å². The first-order valence-corrected chi connectivity index (χ1v) is 8.96. The molecular weight excluding hydrogens is 354 g/mol. The third-order valence-corrected chi connectivity index (χ3v) is 4.52. The minimum Gasteiger partial charge on any atom is -0.497 e. The monoisotopic (exact) mass is 379 g/mol. The van der Waals surface area contributed by atoms with Crippen LogP contribution in [-0.4, -0.2) is 45.8 Å². The number of nitrogens with two attached hydrogens (primary N) is 1. The van der Waals surface area contributed by atoms with Crippen LogP contribution in [0, 0.1) is 0 Å². The highest BCUT2D eigenvalue weighted by atomic mass is 32.2. The van der Waals surface area contributed by atoms with Gasteiger partial charge in [-0.1, -0.05) is 11.8 Å². The summed E-state index contributed by atoms with van der Waals surface area (Å²) in [5.41, 5.74) is 0.381. The van der Waals surface area contributed by atoms with Crippen molar-refractivity contribution >= 4 is 17.7 Å². The van der Waals surface area contributed by atoms with Crippen molar-refractivity contribution in [2.75, 3.05) is 20.1 Å². The van der Waals surface area contributed by atoms with E-state index in [1.165, 1.54) is 16.4 Å². The van der Waals surface area contributed by atoms with Gasteiger partial charge in [0.1, 0.15) is 11.5 Å². The molecule has 0 aliphatic heterocycles. The summed E-state index contributed by atoms with van der Waals surface area (Å²) in [7, 11) is 3.14. The highest BCUT2D eigenvalue weighted by Gasteiger charge is 2.24. The lowest BCUT2D eigenvalue weighted by Crippen LogP contribution is -2.44. The Morgan fingerprint density at radius 1 is 1.27 bits per heavy atom. The summed E-state index contributed by atoms with van der Waals surface area (Å²) in [5, 5.41) is 11.3. The summed E-state index contributed by atoms with van der Waals surface area (Å²) in [6.07, 6.45) is 0. The van der Waals surface area contributed by atoms with Crippen LogP contribution in [0.5, 0.6) is 11.5 Å². The molecule has 0 radical (unpaired) electrons. The van der Waals surface area contributed by atoms with E-state index in [1.807, 2.05) is 20.8 Å². The molecule has 8 nitrogen and oxygen atoms in total. The molecule has 0 saturated carbocycles. The Hall–Kier alpha value is -2.42. The van der Waals surface area contributed by atoms with Gasteiger partial charge in [-0.05, 0) is 39.8 Å². The zero-order chi connectivity index (χ0) is 19.5. The molecule has 0 spiro atoms. The van der Waals surface area contributed by atoms with E-state index in [0.29, 0.717) is 28.0 Å². The standard InChI is InChI=1S/C17H25N5O3S/c1-10(15(23)19-17(2,3)4)26-16-21-20-14(22(16)18)12-8-7-11(24-5)9-13(12)25-6/h7-10H,18H2,1-6H3,(H,19,23)/t10-/m1/s1. The molecule has 9 heteroatoms. The molecule has 0 fully saturated rings. The van der Waals surface area contributed by atoms with Crippen molar-refractivity contribution in [1.82, 2.24) is 20.2 Å². The Morgan fingerprint density at radius 2 is 1.96 bits per heavy atom. The molecule has 0 saturated heterocycles. The van der Waals surface area contributed by atoms with E-state index < -0.39 is 0 Å². The first-order chi connectivity index (χ1) is 12.2. The van der Waals surface area contributed by atoms with Crippen LogP contribution in [0.25, 0.3) is 11.4 Å². The summed E-state index contributed by atoms with van der Waals surface area (Å²) in [5.74, 6) is 7.74. The quantitative estimate of drug-likeness (QED) is 0.585. The van der Waals surface area contributed by atoms with Gasteiger partial charge in [0.05, 0.1) is 25.0 Å². The summed E-state index contributed by atoms with van der Waals surface area (Å²) in [4.78, 5) is 12.3. The molecule has 142 valence electrons. The minimum absolute atomic E-state index is 0.0888. The van der Waals surface area contributed by atoms with Gasteiger partial charge < -0.3 is 20.6 Å². The van der Waals surface area contributed by atoms with Gasteiger partial charge >= 0.3 is 0 Å². The van der Waals surface area contributed by atoms with Gasteiger partial charge in [0.2, 0.25) is 11.1 Å². The maximum atomic E-state index is 12.3. The number of methoxy groups -OCH3 is 2. The van der Waals surface area contributed by atoms with E-state index in [2.05, 4.69) is 15.5 Å². The van der Waals surface area contributed by atoms with Gasteiger partial charge in [-0.25, -0.2) is 4.68 Å². The second kappa shape index (κ2) is 7.86. The van der Waals surface area contributed by atoms with E-state index >= 15 is 0 Å². The highest BCUT2D eigenvalue weighted by molar-refractivity contribution is 8.00. The van der Waals surface area contributed by atoms with E-state index in [9.17, 15) is 4.79 Å². The third kappa shape index (κ3) is 4.60. The van der Waals surface area contributed by atoms with E-state index in [1.54, 1.807) is 39.3 Å². The summed E-state index contributed by atoms with van der Waals surface area (Å²) >= 11 is 1.24. The maximum Gasteiger partial charge on any atom is 0.233 e. The van der Waals surface area contributed by atoms with Gasteiger partial charge in [-0.15, -0.1) is 10.2 Å². The number of rotatable bonds is 6. The average Bonchev–Trinajstić information content (AvgIpc) is 2.93. The zero-order valence-corrected chi connectivity index (χ0v) is 16.7. The second-order valence-corrected chi connectivity index (χ2v) is 8.05. The molecule has 0 aliphatic carbocycles. The van der Waals surface area contributed by atoms with Gasteiger partial charge in [0.25, 0.3) is 0 Å². The lowest BCUT2D eigenvalue weighted by Gasteiger charge is -2.22. The molecule has 1 aromatic carbocycles. The summed E-state index contributed by atoms with van der Waals surface area (Å²) < 4.78 is 11.9. The molecule has 26 heavy (non-hydrogen) atoms. The molecule has 3 N–H and O–H groups in total. The largest absolute Gasteiger partial charge is 0.497 e. The van der Waals surface area contributed by atoms with Crippen LogP contribution < -0.4 is 20.6 Å². The third-order valence-electron chi connectivity index (χ3n) is 3.46. The number of ether oxygens (including phenoxy) is 2. The Morgan fingerprint density at radius 3 is 2.54 bits per heavy atom. The average molecular weight is 379 g/mol. The van der Waals surface area contributed by atoms with Crippen molar-refractivity contribution in [3.05, 3.63) is 18.2 Å². The van der Waals surface area contributed by atoms with Crippen molar-refractivity contribution in [2.45, 2.75) is 43.6 Å². The SMILES string of the molecule is COc1ccc(-c2nnc(S[C@H](C)C(=O)NC(C)(C)C)n2N)c(OC)c1. The van der Waals surface area contributed by atoms with Crippen LogP contribution in [-0.2, 0) is 4.79 Å². The number of aromatic nitrogens is 3. The van der Waals surface area contributed by atoms with Crippen molar-refractivity contribution in [2.24, 2.45) is 0 Å². The number of carbonyl (C=O) groups is 1. The lowest BCUT2D eigenvalue weighted by atomic mass is 10.1. The highest BCUT2D eigenvalue weighted by Crippen LogP contribution is 2.33. The smallest absolute Gasteiger partial charge is 0.233 e. The second-order valence-electron chi connectivity index (χ2n) is 6.74. The number of carbonyl (C=O) groups excluding carboxylic acids is 1. The van der Waals surface area contributed by atoms with Gasteiger partial charge in [-0.3, -0.25) is 4.79 Å². The molecule has 0 aliphatic rings. The maximum absolute atomic E-state index is 12.3. The van der Waals surface area contributed by atoms with Crippen LogP contribution in [0.4, 0.5) is 0 Å². The molecule has 1 heterocycles. The number of thioether (sulfide) groups is 1. The predicted octanol–water partition coefficient (Wildman–Crippen LogP) is 2.07. The lowest BCUT2D eigenvalue weighted by molar-refractivity contribution is -0.121. The van der Waals surface area contributed by atoms with Crippen LogP contribution in [0.2, 0.25) is 0 Å². The van der Waals surface area contributed by atoms with E-state index in [4.69, 9.17) is 15.3 Å². The van der Waals surface area contributed by atoms with Crippen molar-refractivity contribution in [3.63, 3.8) is 0 Å². The molecule has 0 unspecified atom stereocenters. The fourth-order valence-corrected chi connectivity index (χ4v) is 2.98. The number of nitrogens with zero attached hydrogens (tertiary/aromatic N) is 3. The Balaban J connectivity index is 2.24. The van der Waals surface area contributed by atoms with E-state index in [-0.39, 0.29) is 16.7 Å². The van der Waals surface area contributed by atoms with Crippen LogP contribution >= 0.6 is 11.8 Å². The fourth-order valence-electron chi connectivity index (χ4n) is 2.21. The zero-order valence-electron chi connectivity index (χ0n) is 15.9. The first kappa shape index (κ1) is 19.9. The Kier molecular flexibility index (Phi) is 6.01. The van der Waals surface area contributed by atoms with Gasteiger partial charge in [0.15, 0.2) is 5.82 Å². The van der Waals surface area contributed by atoms with Crippen LogP contribution in [0.15, 0.2) is 23.4 Å². The molecule has 2 aromatic rings. The number of amides is 1. The van der Waals surface area contributed by atoms with Crippen molar-refractivity contribution < 1.29 is 14.3 Å².